The number of aryl methyl sites for hydroxylation is 1. The van der Waals surface area contributed by atoms with E-state index in [1.54, 1.807) is 6.07 Å². The van der Waals surface area contributed by atoms with Gasteiger partial charge >= 0.3 is 0 Å². The second kappa shape index (κ2) is 10.2. The minimum Gasteiger partial charge on any atom is -0.454 e. The number of nitrogens with zero attached hydrogens (tertiary/aromatic N) is 1. The summed E-state index contributed by atoms with van der Waals surface area (Å²) in [5.41, 5.74) is 2.96. The topological polar surface area (TPSA) is 64.2 Å². The molecule has 5 nitrogen and oxygen atoms in total. The molecule has 4 rings (SSSR count). The molecular weight excluding hydrogens is 408 g/mol. The van der Waals surface area contributed by atoms with Gasteiger partial charge in [0.25, 0.3) is 0 Å². The second-order valence-electron chi connectivity index (χ2n) is 7.55. The third-order valence-corrected chi connectivity index (χ3v) is 5.71. The largest absolute Gasteiger partial charge is 0.454 e. The summed E-state index contributed by atoms with van der Waals surface area (Å²) in [6.07, 6.45) is 9.83. The first-order chi connectivity index (χ1) is 15.2. The van der Waals surface area contributed by atoms with Crippen molar-refractivity contribution in [1.29, 1.82) is 0 Å². The molecule has 0 spiro atoms. The lowest BCUT2D eigenvalue weighted by Gasteiger charge is -2.05. The fourth-order valence-electron chi connectivity index (χ4n) is 3.60. The van der Waals surface area contributed by atoms with Crippen LogP contribution in [0.4, 0.5) is 0 Å². The number of unbranched alkanes of at least 4 members (excludes halogenated alkanes) is 2. The van der Waals surface area contributed by atoms with E-state index in [0.717, 1.165) is 54.6 Å². The quantitative estimate of drug-likeness (QED) is 0.287. The molecule has 1 aliphatic rings. The number of aromatic amines is 1. The summed E-state index contributed by atoms with van der Waals surface area (Å²) in [5, 5.41) is 1.17. The Bertz CT molecular complexity index is 1160. The second-order valence-corrected chi connectivity index (χ2v) is 8.13. The zero-order valence-electron chi connectivity index (χ0n) is 17.3. The summed E-state index contributed by atoms with van der Waals surface area (Å²) in [4.78, 5) is 20.6. The predicted molar refractivity (Wildman–Crippen MR) is 125 cm³/mol. The highest BCUT2D eigenvalue weighted by Gasteiger charge is 2.12. The lowest BCUT2D eigenvalue weighted by atomic mass is 10.0. The summed E-state index contributed by atoms with van der Waals surface area (Å²) in [5.74, 6) is 7.00. The van der Waals surface area contributed by atoms with E-state index in [1.165, 1.54) is 10.9 Å². The highest BCUT2D eigenvalue weighted by Crippen LogP contribution is 2.32. The number of nitrogens with one attached hydrogen (secondary N) is 1. The SMILES string of the molecule is O=C(C#Cc1ccc2c(c1)OCO2)CCCCCC(=S)CCc1ccnc2[nH]ccc12. The van der Waals surface area contributed by atoms with Gasteiger partial charge in [0, 0.05) is 29.8 Å². The van der Waals surface area contributed by atoms with E-state index in [4.69, 9.17) is 21.7 Å². The Labute approximate surface area is 187 Å². The van der Waals surface area contributed by atoms with E-state index in [9.17, 15) is 4.79 Å². The number of hydrogen-bond acceptors (Lipinski definition) is 5. The Kier molecular flexibility index (Phi) is 6.96. The van der Waals surface area contributed by atoms with Crippen LogP contribution in [0.15, 0.2) is 42.7 Å². The minimum atomic E-state index is -0.0338. The lowest BCUT2D eigenvalue weighted by Crippen LogP contribution is -1.99. The van der Waals surface area contributed by atoms with Gasteiger partial charge in [0.2, 0.25) is 12.6 Å². The molecule has 2 aromatic heterocycles. The third-order valence-electron chi connectivity index (χ3n) is 5.30. The molecular formula is C25H24N2O3S. The molecule has 0 fully saturated rings. The van der Waals surface area contributed by atoms with Gasteiger partial charge in [-0.25, -0.2) is 4.98 Å². The summed E-state index contributed by atoms with van der Waals surface area (Å²) in [6.45, 7) is 0.231. The van der Waals surface area contributed by atoms with E-state index < -0.39 is 0 Å². The summed E-state index contributed by atoms with van der Waals surface area (Å²) in [7, 11) is 0. The van der Waals surface area contributed by atoms with Gasteiger partial charge in [0.05, 0.1) is 0 Å². The molecule has 3 aromatic rings. The van der Waals surface area contributed by atoms with Crippen LogP contribution in [-0.2, 0) is 11.2 Å². The van der Waals surface area contributed by atoms with Crippen LogP contribution in [0.3, 0.4) is 0 Å². The summed E-state index contributed by atoms with van der Waals surface area (Å²) >= 11 is 5.55. The fourth-order valence-corrected chi connectivity index (χ4v) is 3.84. The van der Waals surface area contributed by atoms with Crippen molar-refractivity contribution in [3.8, 4) is 23.3 Å². The van der Waals surface area contributed by atoms with Crippen LogP contribution in [0.5, 0.6) is 11.5 Å². The number of aromatic nitrogens is 2. The van der Waals surface area contributed by atoms with E-state index in [2.05, 4.69) is 33.9 Å². The molecule has 1 N–H and O–H groups in total. The van der Waals surface area contributed by atoms with Gasteiger partial charge in [-0.15, -0.1) is 0 Å². The van der Waals surface area contributed by atoms with E-state index >= 15 is 0 Å². The van der Waals surface area contributed by atoms with Crippen molar-refractivity contribution in [3.05, 3.63) is 53.9 Å². The number of ketones is 1. The fraction of sp³-hybridized carbons (Fsp3) is 0.320. The van der Waals surface area contributed by atoms with Crippen LogP contribution in [-0.4, -0.2) is 27.4 Å². The number of thiocarbonyl (C=S) groups is 1. The Morgan fingerprint density at radius 1 is 1.06 bits per heavy atom. The van der Waals surface area contributed by atoms with E-state index in [1.807, 2.05) is 24.5 Å². The maximum atomic E-state index is 12.0. The van der Waals surface area contributed by atoms with Crippen LogP contribution < -0.4 is 9.47 Å². The Morgan fingerprint density at radius 2 is 1.94 bits per heavy atom. The minimum absolute atomic E-state index is 0.0338. The van der Waals surface area contributed by atoms with Crippen molar-refractivity contribution >= 4 is 33.9 Å². The normalized spacial score (nSPS) is 11.9. The molecule has 1 aromatic carbocycles. The average Bonchev–Trinajstić information content (AvgIpc) is 3.45. The Morgan fingerprint density at radius 3 is 2.87 bits per heavy atom. The molecule has 6 heteroatoms. The molecule has 158 valence electrons. The number of ether oxygens (including phenoxy) is 2. The summed E-state index contributed by atoms with van der Waals surface area (Å²) < 4.78 is 10.6. The highest BCUT2D eigenvalue weighted by molar-refractivity contribution is 7.80. The van der Waals surface area contributed by atoms with E-state index in [-0.39, 0.29) is 12.6 Å². The van der Waals surface area contributed by atoms with Gasteiger partial charge in [0.1, 0.15) is 5.65 Å². The number of H-pyrrole nitrogens is 1. The number of pyridine rings is 1. The van der Waals surface area contributed by atoms with Crippen molar-refractivity contribution in [2.75, 3.05) is 6.79 Å². The number of carbonyl (C=O) groups excluding carboxylic acids is 1. The van der Waals surface area contributed by atoms with E-state index in [0.29, 0.717) is 17.9 Å². The first-order valence-corrected chi connectivity index (χ1v) is 11.0. The van der Waals surface area contributed by atoms with Crippen molar-refractivity contribution in [2.45, 2.75) is 44.9 Å². The lowest BCUT2D eigenvalue weighted by molar-refractivity contribution is -0.113. The first-order valence-electron chi connectivity index (χ1n) is 10.6. The van der Waals surface area contributed by atoms with Crippen molar-refractivity contribution in [2.24, 2.45) is 0 Å². The monoisotopic (exact) mass is 432 g/mol. The van der Waals surface area contributed by atoms with Crippen LogP contribution in [0.1, 0.15) is 49.7 Å². The molecule has 0 amide bonds. The number of carbonyl (C=O) groups is 1. The number of Topliss-reactive ketones (excluding diaryl/α,β-unsaturated/α-hetero) is 1. The molecule has 0 radical (unpaired) electrons. The highest BCUT2D eigenvalue weighted by atomic mass is 32.1. The Hall–Kier alpha value is -3.17. The molecule has 0 aliphatic carbocycles. The molecule has 0 saturated carbocycles. The molecule has 0 unspecified atom stereocenters. The number of hydrogen-bond donors (Lipinski definition) is 1. The smallest absolute Gasteiger partial charge is 0.231 e. The number of rotatable bonds is 9. The van der Waals surface area contributed by atoms with Crippen molar-refractivity contribution in [1.82, 2.24) is 9.97 Å². The van der Waals surface area contributed by atoms with Gasteiger partial charge in [-0.2, -0.15) is 0 Å². The Balaban J connectivity index is 1.12. The van der Waals surface area contributed by atoms with Gasteiger partial charge in [0.15, 0.2) is 11.5 Å². The van der Waals surface area contributed by atoms with Gasteiger partial charge in [-0.05, 0) is 78.8 Å². The van der Waals surface area contributed by atoms with Crippen molar-refractivity contribution < 1.29 is 14.3 Å². The average molecular weight is 433 g/mol. The maximum absolute atomic E-state index is 12.0. The first kappa shape index (κ1) is 21.1. The number of benzene rings is 1. The molecule has 0 bridgehead atoms. The molecule has 1 aliphatic heterocycles. The maximum Gasteiger partial charge on any atom is 0.231 e. The van der Waals surface area contributed by atoms with Gasteiger partial charge in [-0.3, -0.25) is 4.79 Å². The predicted octanol–water partition coefficient (Wildman–Crippen LogP) is 5.17. The van der Waals surface area contributed by atoms with Gasteiger partial charge in [-0.1, -0.05) is 24.6 Å². The zero-order chi connectivity index (χ0) is 21.5. The van der Waals surface area contributed by atoms with Crippen LogP contribution in [0, 0.1) is 11.8 Å². The van der Waals surface area contributed by atoms with Gasteiger partial charge < -0.3 is 14.5 Å². The van der Waals surface area contributed by atoms with Crippen molar-refractivity contribution in [3.63, 3.8) is 0 Å². The third kappa shape index (κ3) is 5.71. The van der Waals surface area contributed by atoms with Crippen LogP contribution in [0.25, 0.3) is 11.0 Å². The number of fused-ring (bicyclic) bond motifs is 2. The molecule has 3 heterocycles. The molecule has 31 heavy (non-hydrogen) atoms. The molecule has 0 atom stereocenters. The van der Waals surface area contributed by atoms with Crippen LogP contribution in [0.2, 0.25) is 0 Å². The molecule has 0 saturated heterocycles. The summed E-state index contributed by atoms with van der Waals surface area (Å²) in [6, 6.07) is 9.58. The standard InChI is InChI=1S/C25H24N2O3S/c28-20(9-6-18-7-11-23-24(16-18)30-17-29-23)4-2-1-3-5-21(31)10-8-19-12-14-26-25-22(19)13-15-27-25/h7,11-16H,1-5,8,10,17H2,(H,26,27). The zero-order valence-corrected chi connectivity index (χ0v) is 18.1. The van der Waals surface area contributed by atoms with Crippen LogP contribution >= 0.6 is 12.2 Å².